The second kappa shape index (κ2) is 13.0. The fourth-order valence-corrected chi connectivity index (χ4v) is 6.30. The first kappa shape index (κ1) is 29.6. The van der Waals surface area contributed by atoms with E-state index in [9.17, 15) is 14.4 Å². The zero-order chi connectivity index (χ0) is 29.8. The minimum Gasteiger partial charge on any atom is -0.494 e. The number of hydrogen-bond acceptors (Lipinski definition) is 6. The summed E-state index contributed by atoms with van der Waals surface area (Å²) in [5, 5.41) is 4.56. The van der Waals surface area contributed by atoms with Gasteiger partial charge in [0.2, 0.25) is 0 Å². The molecule has 214 valence electrons. The number of fused-ring (bicyclic) bond motifs is 1. The van der Waals surface area contributed by atoms with E-state index < -0.39 is 17.8 Å². The van der Waals surface area contributed by atoms with Crippen molar-refractivity contribution >= 4 is 78.9 Å². The Labute approximate surface area is 264 Å². The molecule has 4 aromatic carbocycles. The Morgan fingerprint density at radius 2 is 1.64 bits per heavy atom. The molecule has 0 radical (unpaired) electrons. The maximum atomic E-state index is 13.6. The van der Waals surface area contributed by atoms with Gasteiger partial charge in [-0.05, 0) is 111 Å². The number of anilines is 1. The molecule has 0 bridgehead atoms. The number of barbiturate groups is 1. The second-order valence-electron chi connectivity index (χ2n) is 9.24. The quantitative estimate of drug-likeness (QED) is 0.110. The van der Waals surface area contributed by atoms with Crippen LogP contribution in [0.3, 0.4) is 0 Å². The number of amides is 4. The molecule has 1 fully saturated rings. The molecule has 1 saturated heterocycles. The van der Waals surface area contributed by atoms with Crippen molar-refractivity contribution in [1.29, 1.82) is 0 Å². The van der Waals surface area contributed by atoms with Gasteiger partial charge in [-0.2, -0.15) is 0 Å². The molecule has 8 nitrogen and oxygen atoms in total. The first-order chi connectivity index (χ1) is 20.3. The Bertz CT molecular complexity index is 1710. The van der Waals surface area contributed by atoms with E-state index in [4.69, 9.17) is 14.2 Å². The number of carbonyl (C=O) groups is 3. The lowest BCUT2D eigenvalue weighted by Crippen LogP contribution is -2.54. The number of halogens is 2. The van der Waals surface area contributed by atoms with E-state index in [0.29, 0.717) is 47.1 Å². The minimum atomic E-state index is -0.870. The van der Waals surface area contributed by atoms with E-state index >= 15 is 0 Å². The summed E-state index contributed by atoms with van der Waals surface area (Å²) in [5.74, 6) is -0.166. The van der Waals surface area contributed by atoms with Crippen molar-refractivity contribution in [3.8, 4) is 17.2 Å². The lowest BCUT2D eigenvalue weighted by Gasteiger charge is -2.28. The van der Waals surface area contributed by atoms with Crippen molar-refractivity contribution in [3.63, 3.8) is 0 Å². The number of nitrogens with zero attached hydrogens (tertiary/aromatic N) is 1. The molecule has 10 heteroatoms. The van der Waals surface area contributed by atoms with Gasteiger partial charge >= 0.3 is 6.03 Å². The summed E-state index contributed by atoms with van der Waals surface area (Å²) in [4.78, 5) is 40.2. The molecule has 0 atom stereocenters. The molecule has 4 aromatic rings. The third kappa shape index (κ3) is 6.29. The average Bonchev–Trinajstić information content (AvgIpc) is 2.96. The fraction of sp³-hybridized carbons (Fsp3) is 0.156. The molecule has 1 heterocycles. The average molecular weight is 741 g/mol. The molecule has 0 spiro atoms. The summed E-state index contributed by atoms with van der Waals surface area (Å²) in [6.45, 7) is 4.69. The summed E-state index contributed by atoms with van der Waals surface area (Å²) in [6.07, 6.45) is 1.45. The van der Waals surface area contributed by atoms with E-state index in [2.05, 4.69) is 68.1 Å². The van der Waals surface area contributed by atoms with Crippen LogP contribution in [-0.2, 0) is 16.2 Å². The third-order valence-corrected chi connectivity index (χ3v) is 7.80. The van der Waals surface area contributed by atoms with E-state index in [0.717, 1.165) is 24.8 Å². The number of hydrogen-bond donors (Lipinski definition) is 1. The largest absolute Gasteiger partial charge is 0.494 e. The number of nitrogens with one attached hydrogen (secondary N) is 1. The highest BCUT2D eigenvalue weighted by atomic mass is 127. The first-order valence-corrected chi connectivity index (χ1v) is 15.1. The highest BCUT2D eigenvalue weighted by molar-refractivity contribution is 14.1. The number of urea groups is 1. The Kier molecular flexibility index (Phi) is 9.12. The predicted octanol–water partition coefficient (Wildman–Crippen LogP) is 7.25. The normalized spacial score (nSPS) is 14.3. The molecule has 5 rings (SSSR count). The summed E-state index contributed by atoms with van der Waals surface area (Å²) in [7, 11) is 0. The lowest BCUT2D eigenvalue weighted by atomic mass is 10.1. The molecular weight excluding hydrogens is 715 g/mol. The first-order valence-electron chi connectivity index (χ1n) is 13.2. The molecule has 0 aromatic heterocycles. The Hall–Kier alpha value is -3.90. The van der Waals surface area contributed by atoms with Crippen LogP contribution in [0.4, 0.5) is 10.5 Å². The number of ether oxygens (including phenoxy) is 3. The lowest BCUT2D eigenvalue weighted by molar-refractivity contribution is -0.122. The minimum absolute atomic E-state index is 0.178. The summed E-state index contributed by atoms with van der Waals surface area (Å²) in [6, 6.07) is 21.9. The Balaban J connectivity index is 1.42. The highest BCUT2D eigenvalue weighted by Crippen LogP contribution is 2.36. The Morgan fingerprint density at radius 3 is 2.38 bits per heavy atom. The van der Waals surface area contributed by atoms with Gasteiger partial charge in [-0.1, -0.05) is 36.4 Å². The molecule has 1 aliphatic rings. The van der Waals surface area contributed by atoms with Crippen LogP contribution in [0.15, 0.2) is 82.8 Å². The van der Waals surface area contributed by atoms with Crippen LogP contribution in [0.5, 0.6) is 17.2 Å². The van der Waals surface area contributed by atoms with Crippen LogP contribution >= 0.6 is 38.5 Å². The molecule has 0 aliphatic carbocycles. The van der Waals surface area contributed by atoms with Gasteiger partial charge < -0.3 is 14.2 Å². The van der Waals surface area contributed by atoms with Crippen molar-refractivity contribution in [1.82, 2.24) is 5.32 Å². The maximum absolute atomic E-state index is 13.6. The van der Waals surface area contributed by atoms with Gasteiger partial charge in [0.25, 0.3) is 11.8 Å². The van der Waals surface area contributed by atoms with Gasteiger partial charge in [0.05, 0.1) is 26.9 Å². The van der Waals surface area contributed by atoms with Gasteiger partial charge in [0.15, 0.2) is 0 Å². The standard InChI is InChI=1S/C32H26BrIN2O6/c1-3-40-23-11-12-28(41-4-2)27(17-23)36-31(38)24(30(37)35-32(36)39)14-20-15-25(33)29(26(34)16-20)42-18-19-9-10-21-7-5-6-8-22(21)13-19/h5-17H,3-4,18H2,1-2H3,(H,35,37,39)/b24-14+. The number of imide groups is 2. The van der Waals surface area contributed by atoms with E-state index in [1.807, 2.05) is 25.1 Å². The second-order valence-corrected chi connectivity index (χ2v) is 11.3. The van der Waals surface area contributed by atoms with Crippen LogP contribution in [-0.4, -0.2) is 31.1 Å². The molecule has 1 N–H and O–H groups in total. The van der Waals surface area contributed by atoms with E-state index in [-0.39, 0.29) is 11.3 Å². The topological polar surface area (TPSA) is 94.2 Å². The molecule has 4 amide bonds. The molecular formula is C32H26BrIN2O6. The summed E-state index contributed by atoms with van der Waals surface area (Å²) < 4.78 is 18.8. The van der Waals surface area contributed by atoms with Crippen molar-refractivity contribution in [2.75, 3.05) is 18.1 Å². The van der Waals surface area contributed by atoms with E-state index in [1.54, 1.807) is 37.3 Å². The number of benzene rings is 4. The summed E-state index contributed by atoms with van der Waals surface area (Å²) in [5.41, 5.74) is 1.57. The maximum Gasteiger partial charge on any atom is 0.336 e. The van der Waals surface area contributed by atoms with Crippen LogP contribution in [0.2, 0.25) is 0 Å². The molecule has 0 saturated carbocycles. The predicted molar refractivity (Wildman–Crippen MR) is 173 cm³/mol. The van der Waals surface area contributed by atoms with Crippen molar-refractivity contribution in [3.05, 3.63) is 97.5 Å². The van der Waals surface area contributed by atoms with Gasteiger partial charge in [-0.3, -0.25) is 14.9 Å². The van der Waals surface area contributed by atoms with Gasteiger partial charge in [0, 0.05) is 6.07 Å². The Morgan fingerprint density at radius 1 is 0.881 bits per heavy atom. The van der Waals surface area contributed by atoms with Crippen LogP contribution in [0.25, 0.3) is 16.8 Å². The zero-order valence-electron chi connectivity index (χ0n) is 22.8. The monoisotopic (exact) mass is 740 g/mol. The number of carbonyl (C=O) groups excluding carboxylic acids is 3. The van der Waals surface area contributed by atoms with Gasteiger partial charge in [-0.25, -0.2) is 9.69 Å². The van der Waals surface area contributed by atoms with Crippen molar-refractivity contribution in [2.45, 2.75) is 20.5 Å². The molecule has 0 unspecified atom stereocenters. The SMILES string of the molecule is CCOc1ccc(OCC)c(N2C(=O)NC(=O)/C(=C\c3cc(Br)c(OCc4ccc5ccccc5c4)c(I)c3)C2=O)c1. The van der Waals surface area contributed by atoms with Gasteiger partial charge in [-0.15, -0.1) is 0 Å². The van der Waals surface area contributed by atoms with Crippen LogP contribution in [0.1, 0.15) is 25.0 Å². The van der Waals surface area contributed by atoms with Gasteiger partial charge in [0.1, 0.15) is 29.4 Å². The molecule has 1 aliphatic heterocycles. The molecule has 42 heavy (non-hydrogen) atoms. The summed E-state index contributed by atoms with van der Waals surface area (Å²) >= 11 is 5.72. The number of rotatable bonds is 9. The van der Waals surface area contributed by atoms with E-state index in [1.165, 1.54) is 6.08 Å². The van der Waals surface area contributed by atoms with Crippen LogP contribution in [0, 0.1) is 3.57 Å². The van der Waals surface area contributed by atoms with Crippen molar-refractivity contribution in [2.24, 2.45) is 0 Å². The van der Waals surface area contributed by atoms with Crippen LogP contribution < -0.4 is 24.4 Å². The highest BCUT2D eigenvalue weighted by Gasteiger charge is 2.38. The van der Waals surface area contributed by atoms with Crippen molar-refractivity contribution < 1.29 is 28.6 Å². The fourth-order valence-electron chi connectivity index (χ4n) is 4.53. The third-order valence-electron chi connectivity index (χ3n) is 6.41. The smallest absolute Gasteiger partial charge is 0.336 e. The zero-order valence-corrected chi connectivity index (χ0v) is 26.5.